The molecule has 4 nitrogen and oxygen atoms in total. The molecule has 3 rings (SSSR count). The van der Waals surface area contributed by atoms with Gasteiger partial charge in [0.25, 0.3) is 5.91 Å². The predicted molar refractivity (Wildman–Crippen MR) is 80.8 cm³/mol. The fraction of sp³-hybridized carbons (Fsp3) is 0.0769. The third kappa shape index (κ3) is 2.54. The SMILES string of the molecule is Cc1csc(NC(=O)c2cc3ccc(Br)cc3[nH]2)n1. The second-order valence-corrected chi connectivity index (χ2v) is 5.94. The van der Waals surface area contributed by atoms with Crippen LogP contribution in [0.1, 0.15) is 16.2 Å². The molecule has 2 heterocycles. The van der Waals surface area contributed by atoms with Crippen LogP contribution in [-0.4, -0.2) is 15.9 Å². The van der Waals surface area contributed by atoms with Crippen LogP contribution in [0.2, 0.25) is 0 Å². The smallest absolute Gasteiger partial charge is 0.273 e. The topological polar surface area (TPSA) is 57.8 Å². The third-order valence-electron chi connectivity index (χ3n) is 2.67. The van der Waals surface area contributed by atoms with Crippen molar-refractivity contribution in [1.82, 2.24) is 9.97 Å². The molecule has 19 heavy (non-hydrogen) atoms. The first-order chi connectivity index (χ1) is 9.11. The van der Waals surface area contributed by atoms with Crippen molar-refractivity contribution in [3.8, 4) is 0 Å². The van der Waals surface area contributed by atoms with E-state index in [2.05, 4.69) is 31.2 Å². The first-order valence-corrected chi connectivity index (χ1v) is 7.31. The molecule has 0 aliphatic heterocycles. The van der Waals surface area contributed by atoms with Crippen molar-refractivity contribution >= 4 is 49.2 Å². The minimum absolute atomic E-state index is 0.179. The Kier molecular flexibility index (Phi) is 3.12. The van der Waals surface area contributed by atoms with E-state index in [-0.39, 0.29) is 5.91 Å². The molecule has 0 atom stereocenters. The molecule has 0 saturated carbocycles. The lowest BCUT2D eigenvalue weighted by atomic mass is 10.2. The number of aromatic amines is 1. The van der Waals surface area contributed by atoms with Gasteiger partial charge >= 0.3 is 0 Å². The lowest BCUT2D eigenvalue weighted by molar-refractivity contribution is 0.102. The molecule has 0 fully saturated rings. The van der Waals surface area contributed by atoms with Crippen molar-refractivity contribution < 1.29 is 4.79 Å². The quantitative estimate of drug-likeness (QED) is 0.744. The number of hydrogen-bond acceptors (Lipinski definition) is 3. The van der Waals surface area contributed by atoms with Crippen LogP contribution in [0, 0.1) is 6.92 Å². The number of H-pyrrole nitrogens is 1. The number of amides is 1. The van der Waals surface area contributed by atoms with Gasteiger partial charge in [0.15, 0.2) is 5.13 Å². The number of aromatic nitrogens is 2. The zero-order valence-electron chi connectivity index (χ0n) is 10.0. The van der Waals surface area contributed by atoms with Gasteiger partial charge in [-0.1, -0.05) is 22.0 Å². The van der Waals surface area contributed by atoms with E-state index in [9.17, 15) is 4.79 Å². The number of halogens is 1. The number of hydrogen-bond donors (Lipinski definition) is 2. The second kappa shape index (κ2) is 4.79. The maximum Gasteiger partial charge on any atom is 0.273 e. The molecular weight excluding hydrogens is 326 g/mol. The first kappa shape index (κ1) is 12.4. The number of nitrogens with zero attached hydrogens (tertiary/aromatic N) is 1. The van der Waals surface area contributed by atoms with Crippen LogP contribution in [0.5, 0.6) is 0 Å². The van der Waals surface area contributed by atoms with Gasteiger partial charge in [0, 0.05) is 20.8 Å². The molecule has 0 aliphatic carbocycles. The largest absolute Gasteiger partial charge is 0.350 e. The fourth-order valence-corrected chi connectivity index (χ4v) is 2.84. The van der Waals surface area contributed by atoms with Crippen molar-refractivity contribution in [2.45, 2.75) is 6.92 Å². The highest BCUT2D eigenvalue weighted by atomic mass is 79.9. The summed E-state index contributed by atoms with van der Waals surface area (Å²) < 4.78 is 0.976. The Morgan fingerprint density at radius 2 is 2.26 bits per heavy atom. The fourth-order valence-electron chi connectivity index (χ4n) is 1.80. The molecular formula is C13H10BrN3OS. The summed E-state index contributed by atoms with van der Waals surface area (Å²) in [6.45, 7) is 1.90. The number of rotatable bonds is 2. The van der Waals surface area contributed by atoms with Crippen LogP contribution in [-0.2, 0) is 0 Å². The van der Waals surface area contributed by atoms with Crippen LogP contribution in [0.4, 0.5) is 5.13 Å². The standard InChI is InChI=1S/C13H10BrN3OS/c1-7-6-19-13(15-7)17-12(18)11-4-8-2-3-9(14)5-10(8)16-11/h2-6,16H,1H3,(H,15,17,18). The van der Waals surface area contributed by atoms with Crippen molar-refractivity contribution in [3.63, 3.8) is 0 Å². The Bertz CT molecular complexity index is 762. The van der Waals surface area contributed by atoms with Crippen LogP contribution in [0.25, 0.3) is 10.9 Å². The number of benzene rings is 1. The predicted octanol–water partition coefficient (Wildman–Crippen LogP) is 3.95. The van der Waals surface area contributed by atoms with Gasteiger partial charge in [-0.05, 0) is 25.1 Å². The first-order valence-electron chi connectivity index (χ1n) is 5.63. The maximum absolute atomic E-state index is 12.1. The Morgan fingerprint density at radius 3 is 3.00 bits per heavy atom. The van der Waals surface area contributed by atoms with Crippen LogP contribution < -0.4 is 5.32 Å². The number of anilines is 1. The van der Waals surface area contributed by atoms with E-state index in [1.54, 1.807) is 0 Å². The van der Waals surface area contributed by atoms with E-state index in [1.807, 2.05) is 36.6 Å². The number of fused-ring (bicyclic) bond motifs is 1. The molecule has 0 radical (unpaired) electrons. The van der Waals surface area contributed by atoms with Crippen LogP contribution in [0.3, 0.4) is 0 Å². The number of aryl methyl sites for hydroxylation is 1. The molecule has 6 heteroatoms. The average molecular weight is 336 g/mol. The molecule has 96 valence electrons. The molecule has 2 N–H and O–H groups in total. The van der Waals surface area contributed by atoms with Gasteiger partial charge in [0.2, 0.25) is 0 Å². The zero-order chi connectivity index (χ0) is 13.4. The van der Waals surface area contributed by atoms with E-state index in [1.165, 1.54) is 11.3 Å². The molecule has 2 aromatic heterocycles. The maximum atomic E-state index is 12.1. The van der Waals surface area contributed by atoms with Gasteiger partial charge in [0.05, 0.1) is 5.69 Å². The lowest BCUT2D eigenvalue weighted by Crippen LogP contribution is -2.11. The summed E-state index contributed by atoms with van der Waals surface area (Å²) >= 11 is 4.82. The summed E-state index contributed by atoms with van der Waals surface area (Å²) in [6, 6.07) is 7.68. The van der Waals surface area contributed by atoms with Crippen molar-refractivity contribution in [3.05, 3.63) is 45.5 Å². The summed E-state index contributed by atoms with van der Waals surface area (Å²) in [5.41, 5.74) is 2.36. The number of carbonyl (C=O) groups is 1. The van der Waals surface area contributed by atoms with Crippen molar-refractivity contribution in [2.75, 3.05) is 5.32 Å². The Hall–Kier alpha value is -1.66. The molecule has 0 spiro atoms. The van der Waals surface area contributed by atoms with Gasteiger partial charge in [0.1, 0.15) is 5.69 Å². The normalized spacial score (nSPS) is 10.8. The Labute approximate surface area is 122 Å². The summed E-state index contributed by atoms with van der Waals surface area (Å²) in [5, 5.41) is 6.30. The van der Waals surface area contributed by atoms with Crippen LogP contribution >= 0.6 is 27.3 Å². The number of nitrogens with one attached hydrogen (secondary N) is 2. The number of thiazole rings is 1. The monoisotopic (exact) mass is 335 g/mol. The highest BCUT2D eigenvalue weighted by Crippen LogP contribution is 2.21. The molecule has 0 unspecified atom stereocenters. The van der Waals surface area contributed by atoms with E-state index in [4.69, 9.17) is 0 Å². The molecule has 3 aromatic rings. The third-order valence-corrected chi connectivity index (χ3v) is 4.04. The summed E-state index contributed by atoms with van der Waals surface area (Å²) in [5.74, 6) is -0.179. The van der Waals surface area contributed by atoms with Gasteiger partial charge < -0.3 is 4.98 Å². The van der Waals surface area contributed by atoms with Gasteiger partial charge in [-0.3, -0.25) is 10.1 Å². The van der Waals surface area contributed by atoms with Gasteiger partial charge in [-0.25, -0.2) is 4.98 Å². The van der Waals surface area contributed by atoms with E-state index < -0.39 is 0 Å². The Balaban J connectivity index is 1.89. The molecule has 1 aromatic carbocycles. The summed E-state index contributed by atoms with van der Waals surface area (Å²) in [6.07, 6.45) is 0. The molecule has 1 amide bonds. The highest BCUT2D eigenvalue weighted by molar-refractivity contribution is 9.10. The highest BCUT2D eigenvalue weighted by Gasteiger charge is 2.11. The molecule has 0 bridgehead atoms. The van der Waals surface area contributed by atoms with Gasteiger partial charge in [-0.2, -0.15) is 0 Å². The van der Waals surface area contributed by atoms with Crippen LogP contribution in [0.15, 0.2) is 34.1 Å². The van der Waals surface area contributed by atoms with E-state index in [0.717, 1.165) is 21.1 Å². The Morgan fingerprint density at radius 1 is 1.42 bits per heavy atom. The van der Waals surface area contributed by atoms with Gasteiger partial charge in [-0.15, -0.1) is 11.3 Å². The minimum atomic E-state index is -0.179. The van der Waals surface area contributed by atoms with Crippen molar-refractivity contribution in [2.24, 2.45) is 0 Å². The number of carbonyl (C=O) groups excluding carboxylic acids is 1. The average Bonchev–Trinajstić information content (AvgIpc) is 2.95. The summed E-state index contributed by atoms with van der Waals surface area (Å²) in [7, 11) is 0. The molecule has 0 saturated heterocycles. The second-order valence-electron chi connectivity index (χ2n) is 4.16. The molecule has 0 aliphatic rings. The minimum Gasteiger partial charge on any atom is -0.350 e. The lowest BCUT2D eigenvalue weighted by Gasteiger charge is -1.97. The summed E-state index contributed by atoms with van der Waals surface area (Å²) in [4.78, 5) is 19.4. The van der Waals surface area contributed by atoms with E-state index >= 15 is 0 Å². The van der Waals surface area contributed by atoms with Crippen molar-refractivity contribution in [1.29, 1.82) is 0 Å². The zero-order valence-corrected chi connectivity index (χ0v) is 12.4. The van der Waals surface area contributed by atoms with E-state index in [0.29, 0.717) is 10.8 Å².